The predicted molar refractivity (Wildman–Crippen MR) is 88.4 cm³/mol. The SMILES string of the molecule is CC(Cc1c[nH]c2ccccc12)N1C(=O)c2ccccc2C1=O. The number of para-hydroxylation sites is 1. The van der Waals surface area contributed by atoms with Crippen LogP contribution in [0.3, 0.4) is 0 Å². The number of carbonyl (C=O) groups is 2. The number of nitrogens with one attached hydrogen (secondary N) is 1. The van der Waals surface area contributed by atoms with Crippen molar-refractivity contribution >= 4 is 22.7 Å². The molecule has 1 aliphatic rings. The molecule has 1 N–H and O–H groups in total. The van der Waals surface area contributed by atoms with Gasteiger partial charge in [0.25, 0.3) is 11.8 Å². The Morgan fingerprint density at radius 3 is 2.26 bits per heavy atom. The van der Waals surface area contributed by atoms with Crippen LogP contribution in [0.2, 0.25) is 0 Å². The quantitative estimate of drug-likeness (QED) is 0.754. The van der Waals surface area contributed by atoms with Gasteiger partial charge in [0.1, 0.15) is 0 Å². The minimum absolute atomic E-state index is 0.193. The number of benzene rings is 2. The van der Waals surface area contributed by atoms with Crippen LogP contribution in [0.5, 0.6) is 0 Å². The van der Waals surface area contributed by atoms with Gasteiger partial charge in [-0.1, -0.05) is 30.3 Å². The Bertz CT molecular complexity index is 891. The zero-order chi connectivity index (χ0) is 16.0. The summed E-state index contributed by atoms with van der Waals surface area (Å²) in [5, 5.41) is 1.14. The second-order valence-corrected chi connectivity index (χ2v) is 5.94. The van der Waals surface area contributed by atoms with Gasteiger partial charge in [0.2, 0.25) is 0 Å². The zero-order valence-corrected chi connectivity index (χ0v) is 12.7. The van der Waals surface area contributed by atoms with Crippen LogP contribution in [-0.4, -0.2) is 27.7 Å². The maximum Gasteiger partial charge on any atom is 0.261 e. The van der Waals surface area contributed by atoms with E-state index in [1.165, 1.54) is 4.90 Å². The van der Waals surface area contributed by atoms with Crippen molar-refractivity contribution in [3.05, 3.63) is 71.4 Å². The third-order valence-electron chi connectivity index (χ3n) is 4.46. The number of aromatic amines is 1. The normalized spacial score (nSPS) is 15.3. The Hall–Kier alpha value is -2.88. The molecule has 1 atom stereocenters. The molecule has 3 aromatic rings. The van der Waals surface area contributed by atoms with Gasteiger partial charge in [0.15, 0.2) is 0 Å². The van der Waals surface area contributed by atoms with Crippen LogP contribution in [0, 0.1) is 0 Å². The number of nitrogens with zero attached hydrogens (tertiary/aromatic N) is 1. The first-order chi connectivity index (χ1) is 11.2. The molecule has 0 radical (unpaired) electrons. The Kier molecular flexibility index (Phi) is 3.05. The van der Waals surface area contributed by atoms with Crippen molar-refractivity contribution in [3.63, 3.8) is 0 Å². The van der Waals surface area contributed by atoms with Gasteiger partial charge in [-0.25, -0.2) is 0 Å². The van der Waals surface area contributed by atoms with Crippen molar-refractivity contribution in [2.45, 2.75) is 19.4 Å². The van der Waals surface area contributed by atoms with Gasteiger partial charge >= 0.3 is 0 Å². The number of H-pyrrole nitrogens is 1. The van der Waals surface area contributed by atoms with Crippen LogP contribution in [0.1, 0.15) is 33.2 Å². The van der Waals surface area contributed by atoms with Gasteiger partial charge in [-0.05, 0) is 37.1 Å². The second-order valence-electron chi connectivity index (χ2n) is 5.94. The smallest absolute Gasteiger partial charge is 0.261 e. The summed E-state index contributed by atoms with van der Waals surface area (Å²) in [6.07, 6.45) is 2.59. The van der Waals surface area contributed by atoms with Crippen molar-refractivity contribution < 1.29 is 9.59 Å². The van der Waals surface area contributed by atoms with E-state index in [2.05, 4.69) is 11.1 Å². The monoisotopic (exact) mass is 304 g/mol. The standard InChI is InChI=1S/C19H16N2O2/c1-12(10-13-11-20-17-9-5-4-6-14(13)17)21-18(22)15-7-2-3-8-16(15)19(21)23/h2-9,11-12,20H,10H2,1H3. The second kappa shape index (κ2) is 5.09. The summed E-state index contributed by atoms with van der Waals surface area (Å²) in [6.45, 7) is 1.92. The van der Waals surface area contributed by atoms with Crippen molar-refractivity contribution in [2.75, 3.05) is 0 Å². The first kappa shape index (κ1) is 13.8. The number of carbonyl (C=O) groups excluding carboxylic acids is 2. The molecule has 4 heteroatoms. The molecule has 4 nitrogen and oxygen atoms in total. The van der Waals surface area contributed by atoms with Gasteiger partial charge in [-0.2, -0.15) is 0 Å². The molecule has 0 saturated heterocycles. The van der Waals surface area contributed by atoms with Gasteiger partial charge in [-0.3, -0.25) is 14.5 Å². The van der Waals surface area contributed by atoms with E-state index in [4.69, 9.17) is 0 Å². The van der Waals surface area contributed by atoms with Crippen LogP contribution in [0.4, 0.5) is 0 Å². The lowest BCUT2D eigenvalue weighted by atomic mass is 10.1. The van der Waals surface area contributed by atoms with Gasteiger partial charge in [0, 0.05) is 23.1 Å². The van der Waals surface area contributed by atoms with Crippen molar-refractivity contribution in [3.8, 4) is 0 Å². The lowest BCUT2D eigenvalue weighted by Gasteiger charge is -2.22. The predicted octanol–water partition coefficient (Wildman–Crippen LogP) is 3.40. The summed E-state index contributed by atoms with van der Waals surface area (Å²) in [5.41, 5.74) is 3.19. The first-order valence-electron chi connectivity index (χ1n) is 7.68. The molecule has 0 spiro atoms. The van der Waals surface area contributed by atoms with Crippen molar-refractivity contribution in [1.29, 1.82) is 0 Å². The fourth-order valence-corrected chi connectivity index (χ4v) is 3.32. The van der Waals surface area contributed by atoms with Crippen LogP contribution in [0.15, 0.2) is 54.7 Å². The number of amides is 2. The molecular weight excluding hydrogens is 288 g/mol. The lowest BCUT2D eigenvalue weighted by Crippen LogP contribution is -2.39. The van der Waals surface area contributed by atoms with Crippen molar-refractivity contribution in [2.24, 2.45) is 0 Å². The fourth-order valence-electron chi connectivity index (χ4n) is 3.32. The van der Waals surface area contributed by atoms with E-state index in [1.807, 2.05) is 31.3 Å². The highest BCUT2D eigenvalue weighted by atomic mass is 16.2. The summed E-state index contributed by atoms with van der Waals surface area (Å²) in [5.74, 6) is -0.393. The Morgan fingerprint density at radius 2 is 1.57 bits per heavy atom. The maximum atomic E-state index is 12.5. The van der Waals surface area contributed by atoms with E-state index in [0.29, 0.717) is 17.5 Å². The molecule has 1 aromatic heterocycles. The molecule has 2 heterocycles. The maximum absolute atomic E-state index is 12.5. The largest absolute Gasteiger partial charge is 0.361 e. The molecule has 0 fully saturated rings. The van der Waals surface area contributed by atoms with E-state index in [9.17, 15) is 9.59 Å². The molecule has 0 aliphatic carbocycles. The average molecular weight is 304 g/mol. The topological polar surface area (TPSA) is 53.2 Å². The minimum atomic E-state index is -0.196. The van der Waals surface area contributed by atoms with E-state index in [-0.39, 0.29) is 17.9 Å². The van der Waals surface area contributed by atoms with Crippen molar-refractivity contribution in [1.82, 2.24) is 9.88 Å². The third-order valence-corrected chi connectivity index (χ3v) is 4.46. The molecule has 1 aliphatic heterocycles. The summed E-state index contributed by atoms with van der Waals surface area (Å²) < 4.78 is 0. The first-order valence-corrected chi connectivity index (χ1v) is 7.68. The van der Waals surface area contributed by atoms with Gasteiger partial charge in [0.05, 0.1) is 11.1 Å². The number of hydrogen-bond acceptors (Lipinski definition) is 2. The number of aromatic nitrogens is 1. The fraction of sp³-hybridized carbons (Fsp3) is 0.158. The molecule has 4 rings (SSSR count). The molecule has 0 saturated carbocycles. The zero-order valence-electron chi connectivity index (χ0n) is 12.7. The van der Waals surface area contributed by atoms with Crippen LogP contribution in [-0.2, 0) is 6.42 Å². The van der Waals surface area contributed by atoms with Crippen LogP contribution < -0.4 is 0 Å². The highest BCUT2D eigenvalue weighted by Gasteiger charge is 2.38. The number of hydrogen-bond donors (Lipinski definition) is 1. The summed E-state index contributed by atoms with van der Waals surface area (Å²) in [6, 6.07) is 14.9. The summed E-state index contributed by atoms with van der Waals surface area (Å²) >= 11 is 0. The summed E-state index contributed by atoms with van der Waals surface area (Å²) in [7, 11) is 0. The number of fused-ring (bicyclic) bond motifs is 2. The minimum Gasteiger partial charge on any atom is -0.361 e. The molecule has 2 amide bonds. The Labute approximate surface area is 133 Å². The average Bonchev–Trinajstić information content (AvgIpc) is 3.08. The molecule has 23 heavy (non-hydrogen) atoms. The Morgan fingerprint density at radius 1 is 0.957 bits per heavy atom. The van der Waals surface area contributed by atoms with Crippen LogP contribution in [0.25, 0.3) is 10.9 Å². The molecule has 114 valence electrons. The highest BCUT2D eigenvalue weighted by molar-refractivity contribution is 6.21. The summed E-state index contributed by atoms with van der Waals surface area (Å²) in [4.78, 5) is 29.7. The third kappa shape index (κ3) is 2.06. The van der Waals surface area contributed by atoms with E-state index >= 15 is 0 Å². The lowest BCUT2D eigenvalue weighted by molar-refractivity contribution is 0.0597. The van der Waals surface area contributed by atoms with E-state index in [1.54, 1.807) is 24.3 Å². The van der Waals surface area contributed by atoms with Gasteiger partial charge in [-0.15, -0.1) is 0 Å². The molecule has 1 unspecified atom stereocenters. The van der Waals surface area contributed by atoms with E-state index in [0.717, 1.165) is 16.5 Å². The number of rotatable bonds is 3. The Balaban J connectivity index is 1.64. The van der Waals surface area contributed by atoms with Crippen LogP contribution >= 0.6 is 0 Å². The molecule has 0 bridgehead atoms. The van der Waals surface area contributed by atoms with Gasteiger partial charge < -0.3 is 4.98 Å². The number of imide groups is 1. The molecular formula is C19H16N2O2. The van der Waals surface area contributed by atoms with E-state index < -0.39 is 0 Å². The molecule has 2 aromatic carbocycles. The highest BCUT2D eigenvalue weighted by Crippen LogP contribution is 2.27.